The summed E-state index contributed by atoms with van der Waals surface area (Å²) in [6.07, 6.45) is 6.67. The lowest BCUT2D eigenvalue weighted by Crippen LogP contribution is -2.37. The molecule has 7 nitrogen and oxygen atoms in total. The standard InChI is InChI=1S/C18H21N5O2/c1-2-13(11-23-10-9-19-12-23)20-17(24)8-7-16-18(25)22-15-6-4-3-5-14(15)21-16/h3-6,9-10,12-13H,2,7-8,11H2,1H3,(H,20,24)(H,22,25)/t13-/m1/s1. The Balaban J connectivity index is 1.60. The fourth-order valence-corrected chi connectivity index (χ4v) is 2.69. The molecule has 0 saturated carbocycles. The number of benzene rings is 1. The second-order valence-electron chi connectivity index (χ2n) is 5.96. The summed E-state index contributed by atoms with van der Waals surface area (Å²) in [6.45, 7) is 2.70. The number of carbonyl (C=O) groups is 1. The summed E-state index contributed by atoms with van der Waals surface area (Å²) >= 11 is 0. The van der Waals surface area contributed by atoms with Crippen LogP contribution in [0.5, 0.6) is 0 Å². The lowest BCUT2D eigenvalue weighted by molar-refractivity contribution is -0.121. The number of aromatic amines is 1. The zero-order valence-electron chi connectivity index (χ0n) is 14.1. The first kappa shape index (κ1) is 16.9. The molecule has 25 heavy (non-hydrogen) atoms. The van der Waals surface area contributed by atoms with E-state index < -0.39 is 0 Å². The van der Waals surface area contributed by atoms with Crippen molar-refractivity contribution in [1.29, 1.82) is 0 Å². The van der Waals surface area contributed by atoms with E-state index in [2.05, 4.69) is 20.3 Å². The lowest BCUT2D eigenvalue weighted by atomic mass is 10.2. The van der Waals surface area contributed by atoms with Gasteiger partial charge in [-0.1, -0.05) is 19.1 Å². The molecule has 0 aliphatic carbocycles. The quantitative estimate of drug-likeness (QED) is 0.684. The highest BCUT2D eigenvalue weighted by Gasteiger charge is 2.13. The molecular formula is C18H21N5O2. The number of aryl methyl sites for hydroxylation is 1. The molecule has 0 radical (unpaired) electrons. The maximum Gasteiger partial charge on any atom is 0.270 e. The van der Waals surface area contributed by atoms with Crippen molar-refractivity contribution < 1.29 is 4.79 Å². The number of para-hydroxylation sites is 2. The Kier molecular flexibility index (Phi) is 5.23. The Morgan fingerprint density at radius 2 is 2.20 bits per heavy atom. The van der Waals surface area contributed by atoms with Gasteiger partial charge in [0, 0.05) is 37.8 Å². The van der Waals surface area contributed by atoms with E-state index in [4.69, 9.17) is 0 Å². The van der Waals surface area contributed by atoms with Crippen LogP contribution < -0.4 is 10.9 Å². The molecule has 0 spiro atoms. The summed E-state index contributed by atoms with van der Waals surface area (Å²) in [5.74, 6) is -0.0821. The van der Waals surface area contributed by atoms with Gasteiger partial charge in [-0.05, 0) is 18.6 Å². The van der Waals surface area contributed by atoms with E-state index in [1.807, 2.05) is 42.0 Å². The number of aromatic nitrogens is 4. The molecule has 2 heterocycles. The van der Waals surface area contributed by atoms with Gasteiger partial charge in [0.25, 0.3) is 5.56 Å². The van der Waals surface area contributed by atoms with Crippen molar-refractivity contribution in [2.45, 2.75) is 38.8 Å². The topological polar surface area (TPSA) is 92.7 Å². The van der Waals surface area contributed by atoms with E-state index in [-0.39, 0.29) is 23.9 Å². The van der Waals surface area contributed by atoms with E-state index in [9.17, 15) is 9.59 Å². The molecular weight excluding hydrogens is 318 g/mol. The Labute approximate surface area is 145 Å². The Bertz CT molecular complexity index is 901. The Morgan fingerprint density at radius 3 is 2.96 bits per heavy atom. The van der Waals surface area contributed by atoms with Crippen LogP contribution in [0.4, 0.5) is 0 Å². The normalized spacial score (nSPS) is 12.2. The zero-order chi connectivity index (χ0) is 17.6. The predicted octanol–water partition coefficient (Wildman–Crippen LogP) is 1.65. The zero-order valence-corrected chi connectivity index (χ0v) is 14.1. The smallest absolute Gasteiger partial charge is 0.270 e. The molecule has 0 saturated heterocycles. The van der Waals surface area contributed by atoms with Crippen molar-refractivity contribution in [2.24, 2.45) is 0 Å². The number of nitrogens with zero attached hydrogens (tertiary/aromatic N) is 3. The highest BCUT2D eigenvalue weighted by Crippen LogP contribution is 2.07. The number of imidazole rings is 1. The highest BCUT2D eigenvalue weighted by molar-refractivity contribution is 5.77. The van der Waals surface area contributed by atoms with Crippen molar-refractivity contribution in [2.75, 3.05) is 0 Å². The van der Waals surface area contributed by atoms with E-state index in [1.54, 1.807) is 12.5 Å². The molecule has 1 aromatic carbocycles. The van der Waals surface area contributed by atoms with Gasteiger partial charge in [0.15, 0.2) is 0 Å². The van der Waals surface area contributed by atoms with Gasteiger partial charge in [-0.25, -0.2) is 9.97 Å². The number of nitrogens with one attached hydrogen (secondary N) is 2. The number of hydrogen-bond acceptors (Lipinski definition) is 4. The van der Waals surface area contributed by atoms with Crippen molar-refractivity contribution in [3.63, 3.8) is 0 Å². The summed E-state index contributed by atoms with van der Waals surface area (Å²) in [5.41, 5.74) is 1.57. The molecule has 7 heteroatoms. The van der Waals surface area contributed by atoms with Crippen LogP contribution in [0.25, 0.3) is 11.0 Å². The SMILES string of the molecule is CC[C@H](Cn1ccnc1)NC(=O)CCc1nc2ccccc2[nH]c1=O. The van der Waals surface area contributed by atoms with Crippen LogP contribution in [-0.2, 0) is 17.8 Å². The Hall–Kier alpha value is -2.96. The van der Waals surface area contributed by atoms with Crippen LogP contribution in [0.15, 0.2) is 47.8 Å². The van der Waals surface area contributed by atoms with Gasteiger partial charge >= 0.3 is 0 Å². The number of H-pyrrole nitrogens is 1. The summed E-state index contributed by atoms with van der Waals surface area (Å²) in [4.78, 5) is 35.5. The van der Waals surface area contributed by atoms with Gasteiger partial charge in [0.05, 0.1) is 17.4 Å². The second-order valence-corrected chi connectivity index (χ2v) is 5.96. The highest BCUT2D eigenvalue weighted by atomic mass is 16.1. The maximum atomic E-state index is 12.2. The average Bonchev–Trinajstić information content (AvgIpc) is 3.12. The van der Waals surface area contributed by atoms with Gasteiger partial charge in [0.2, 0.25) is 5.91 Å². The number of fused-ring (bicyclic) bond motifs is 1. The minimum absolute atomic E-state index is 0.0320. The van der Waals surface area contributed by atoms with Crippen molar-refractivity contribution >= 4 is 16.9 Å². The molecule has 0 fully saturated rings. The number of hydrogen-bond donors (Lipinski definition) is 2. The molecule has 130 valence electrons. The van der Waals surface area contributed by atoms with Gasteiger partial charge in [0.1, 0.15) is 5.69 Å². The van der Waals surface area contributed by atoms with E-state index in [0.29, 0.717) is 24.2 Å². The Morgan fingerprint density at radius 1 is 1.36 bits per heavy atom. The first-order valence-electron chi connectivity index (χ1n) is 8.38. The summed E-state index contributed by atoms with van der Waals surface area (Å²) in [5, 5.41) is 3.00. The molecule has 0 aliphatic rings. The molecule has 0 aliphatic heterocycles. The first-order valence-corrected chi connectivity index (χ1v) is 8.38. The van der Waals surface area contributed by atoms with E-state index in [1.165, 1.54) is 0 Å². The van der Waals surface area contributed by atoms with Crippen LogP contribution >= 0.6 is 0 Å². The molecule has 3 aromatic rings. The third-order valence-electron chi connectivity index (χ3n) is 4.11. The molecule has 1 atom stereocenters. The van der Waals surface area contributed by atoms with Gasteiger partial charge < -0.3 is 14.9 Å². The van der Waals surface area contributed by atoms with Gasteiger partial charge in [-0.3, -0.25) is 9.59 Å². The number of amides is 1. The average molecular weight is 339 g/mol. The largest absolute Gasteiger partial charge is 0.352 e. The van der Waals surface area contributed by atoms with Crippen LogP contribution in [0.3, 0.4) is 0 Å². The van der Waals surface area contributed by atoms with E-state index >= 15 is 0 Å². The third-order valence-corrected chi connectivity index (χ3v) is 4.11. The van der Waals surface area contributed by atoms with Gasteiger partial charge in [-0.2, -0.15) is 0 Å². The number of carbonyl (C=O) groups excluding carboxylic acids is 1. The van der Waals surface area contributed by atoms with E-state index in [0.717, 1.165) is 11.9 Å². The fourth-order valence-electron chi connectivity index (χ4n) is 2.69. The predicted molar refractivity (Wildman–Crippen MR) is 95.1 cm³/mol. The molecule has 0 bridgehead atoms. The third kappa shape index (κ3) is 4.32. The van der Waals surface area contributed by atoms with Crippen LogP contribution in [0.2, 0.25) is 0 Å². The molecule has 1 amide bonds. The minimum Gasteiger partial charge on any atom is -0.352 e. The maximum absolute atomic E-state index is 12.2. The van der Waals surface area contributed by atoms with Gasteiger partial charge in [-0.15, -0.1) is 0 Å². The molecule has 0 unspecified atom stereocenters. The van der Waals surface area contributed by atoms with Crippen LogP contribution in [0, 0.1) is 0 Å². The fraction of sp³-hybridized carbons (Fsp3) is 0.333. The summed E-state index contributed by atoms with van der Waals surface area (Å²) in [6, 6.07) is 7.39. The summed E-state index contributed by atoms with van der Waals surface area (Å²) < 4.78 is 1.93. The van der Waals surface area contributed by atoms with Crippen molar-refractivity contribution in [1.82, 2.24) is 24.8 Å². The van der Waals surface area contributed by atoms with Crippen LogP contribution in [-0.4, -0.2) is 31.5 Å². The summed E-state index contributed by atoms with van der Waals surface area (Å²) in [7, 11) is 0. The van der Waals surface area contributed by atoms with Crippen molar-refractivity contribution in [3.05, 3.63) is 59.0 Å². The van der Waals surface area contributed by atoms with Crippen LogP contribution in [0.1, 0.15) is 25.5 Å². The molecule has 3 rings (SSSR count). The lowest BCUT2D eigenvalue weighted by Gasteiger charge is -2.17. The minimum atomic E-state index is -0.239. The monoisotopic (exact) mass is 339 g/mol. The number of rotatable bonds is 7. The van der Waals surface area contributed by atoms with Crippen molar-refractivity contribution in [3.8, 4) is 0 Å². The molecule has 2 N–H and O–H groups in total. The first-order chi connectivity index (χ1) is 12.2. The molecule has 2 aromatic heterocycles. The second kappa shape index (κ2) is 7.74.